The lowest BCUT2D eigenvalue weighted by Gasteiger charge is -2.06. The van der Waals surface area contributed by atoms with Crippen LogP contribution in [0.4, 0.5) is 5.69 Å². The molecule has 0 saturated carbocycles. The number of nitrogens with one attached hydrogen (secondary N) is 2. The number of hydrogen-bond acceptors (Lipinski definition) is 4. The maximum absolute atomic E-state index is 11.7. The number of anilines is 1. The Bertz CT molecular complexity index is 571. The average Bonchev–Trinajstić information content (AvgIpc) is 2.75. The van der Waals surface area contributed by atoms with Crippen LogP contribution in [0, 0.1) is 6.92 Å². The maximum atomic E-state index is 11.7. The number of halogens is 1. The molecule has 0 aliphatic rings. The maximum Gasteiger partial charge on any atom is 0.238 e. The number of aryl methyl sites for hydroxylation is 1. The molecule has 19 heavy (non-hydrogen) atoms. The molecule has 2 aromatic rings. The second-order valence-corrected chi connectivity index (χ2v) is 5.76. The Labute approximate surface area is 120 Å². The number of amides is 1. The summed E-state index contributed by atoms with van der Waals surface area (Å²) in [4.78, 5) is 17.0. The third-order valence-electron chi connectivity index (χ3n) is 2.36. The standard InChI is InChI=1S/C13H14ClN3OS/c1-9-16-7-12(19-9)6-15-8-13(18)17-11-4-2-3-10(14)5-11/h2-5,7,15H,6,8H2,1H3,(H,17,18). The number of benzene rings is 1. The lowest BCUT2D eigenvalue weighted by atomic mass is 10.3. The number of thiazole rings is 1. The smallest absolute Gasteiger partial charge is 0.238 e. The van der Waals surface area contributed by atoms with E-state index >= 15 is 0 Å². The zero-order valence-electron chi connectivity index (χ0n) is 10.4. The minimum atomic E-state index is -0.0940. The number of carbonyl (C=O) groups is 1. The Morgan fingerprint density at radius 3 is 3.00 bits per heavy atom. The van der Waals surface area contributed by atoms with E-state index in [9.17, 15) is 4.79 Å². The van der Waals surface area contributed by atoms with Gasteiger partial charge in [-0.1, -0.05) is 17.7 Å². The van der Waals surface area contributed by atoms with Gasteiger partial charge in [0.15, 0.2) is 0 Å². The number of carbonyl (C=O) groups excluding carboxylic acids is 1. The summed E-state index contributed by atoms with van der Waals surface area (Å²) in [5.74, 6) is -0.0940. The first-order valence-electron chi connectivity index (χ1n) is 5.81. The first kappa shape index (κ1) is 14.0. The van der Waals surface area contributed by atoms with E-state index < -0.39 is 0 Å². The summed E-state index contributed by atoms with van der Waals surface area (Å²) < 4.78 is 0. The van der Waals surface area contributed by atoms with Gasteiger partial charge in [0.05, 0.1) is 11.6 Å². The summed E-state index contributed by atoms with van der Waals surface area (Å²) in [6.07, 6.45) is 1.82. The lowest BCUT2D eigenvalue weighted by molar-refractivity contribution is -0.115. The highest BCUT2D eigenvalue weighted by Crippen LogP contribution is 2.14. The monoisotopic (exact) mass is 295 g/mol. The topological polar surface area (TPSA) is 54.0 Å². The molecule has 1 heterocycles. The summed E-state index contributed by atoms with van der Waals surface area (Å²) in [6.45, 7) is 2.86. The molecule has 1 aromatic heterocycles. The third kappa shape index (κ3) is 4.63. The van der Waals surface area contributed by atoms with E-state index in [-0.39, 0.29) is 12.5 Å². The third-order valence-corrected chi connectivity index (χ3v) is 3.51. The molecule has 0 aliphatic heterocycles. The lowest BCUT2D eigenvalue weighted by Crippen LogP contribution is -2.27. The van der Waals surface area contributed by atoms with Crippen molar-refractivity contribution in [3.8, 4) is 0 Å². The van der Waals surface area contributed by atoms with Gasteiger partial charge in [0.2, 0.25) is 5.91 Å². The zero-order chi connectivity index (χ0) is 13.7. The summed E-state index contributed by atoms with van der Waals surface area (Å²) in [6, 6.07) is 7.08. The van der Waals surface area contributed by atoms with Crippen LogP contribution in [-0.2, 0) is 11.3 Å². The van der Waals surface area contributed by atoms with Crippen LogP contribution in [0.5, 0.6) is 0 Å². The van der Waals surface area contributed by atoms with Gasteiger partial charge in [-0.15, -0.1) is 11.3 Å². The minimum absolute atomic E-state index is 0.0940. The SMILES string of the molecule is Cc1ncc(CNCC(=O)Nc2cccc(Cl)c2)s1. The fourth-order valence-corrected chi connectivity index (χ4v) is 2.51. The molecular weight excluding hydrogens is 282 g/mol. The van der Waals surface area contributed by atoms with Gasteiger partial charge in [-0.05, 0) is 25.1 Å². The van der Waals surface area contributed by atoms with Crippen LogP contribution in [0.25, 0.3) is 0 Å². The van der Waals surface area contributed by atoms with Crippen molar-refractivity contribution in [2.45, 2.75) is 13.5 Å². The molecule has 6 heteroatoms. The van der Waals surface area contributed by atoms with Crippen LogP contribution < -0.4 is 10.6 Å². The van der Waals surface area contributed by atoms with E-state index in [0.29, 0.717) is 17.3 Å². The van der Waals surface area contributed by atoms with Crippen LogP contribution >= 0.6 is 22.9 Å². The van der Waals surface area contributed by atoms with Crippen molar-refractivity contribution in [3.63, 3.8) is 0 Å². The number of hydrogen-bond donors (Lipinski definition) is 2. The second kappa shape index (κ2) is 6.65. The van der Waals surface area contributed by atoms with Gasteiger partial charge >= 0.3 is 0 Å². The van der Waals surface area contributed by atoms with E-state index in [4.69, 9.17) is 11.6 Å². The molecule has 4 nitrogen and oxygen atoms in total. The molecule has 2 rings (SSSR count). The molecule has 0 aliphatic carbocycles. The Kier molecular flexibility index (Phi) is 4.90. The van der Waals surface area contributed by atoms with Crippen LogP contribution in [0.1, 0.15) is 9.88 Å². The van der Waals surface area contributed by atoms with Gasteiger partial charge in [0, 0.05) is 28.3 Å². The van der Waals surface area contributed by atoms with E-state index in [1.54, 1.807) is 35.6 Å². The van der Waals surface area contributed by atoms with Crippen LogP contribution in [0.3, 0.4) is 0 Å². The molecular formula is C13H14ClN3OS. The number of nitrogens with zero attached hydrogens (tertiary/aromatic N) is 1. The van der Waals surface area contributed by atoms with Crippen molar-refractivity contribution < 1.29 is 4.79 Å². The first-order valence-corrected chi connectivity index (χ1v) is 7.00. The number of aromatic nitrogens is 1. The van der Waals surface area contributed by atoms with Crippen LogP contribution in [0.15, 0.2) is 30.5 Å². The Balaban J connectivity index is 1.76. The fraction of sp³-hybridized carbons (Fsp3) is 0.231. The molecule has 0 unspecified atom stereocenters. The van der Waals surface area contributed by atoms with Crippen molar-refractivity contribution in [3.05, 3.63) is 45.4 Å². The van der Waals surface area contributed by atoms with Gasteiger partial charge in [-0.3, -0.25) is 4.79 Å². The minimum Gasteiger partial charge on any atom is -0.325 e. The van der Waals surface area contributed by atoms with E-state index in [1.807, 2.05) is 13.1 Å². The predicted molar refractivity (Wildman–Crippen MR) is 78.6 cm³/mol. The van der Waals surface area contributed by atoms with E-state index in [1.165, 1.54) is 0 Å². The largest absolute Gasteiger partial charge is 0.325 e. The second-order valence-electron chi connectivity index (χ2n) is 4.01. The molecule has 0 atom stereocenters. The van der Waals surface area contributed by atoms with Crippen molar-refractivity contribution in [2.24, 2.45) is 0 Å². The van der Waals surface area contributed by atoms with Crippen molar-refractivity contribution in [2.75, 3.05) is 11.9 Å². The Morgan fingerprint density at radius 2 is 2.32 bits per heavy atom. The van der Waals surface area contributed by atoms with Crippen molar-refractivity contribution in [1.29, 1.82) is 0 Å². The van der Waals surface area contributed by atoms with Crippen molar-refractivity contribution >= 4 is 34.5 Å². The number of rotatable bonds is 5. The van der Waals surface area contributed by atoms with Gasteiger partial charge in [0.25, 0.3) is 0 Å². The van der Waals surface area contributed by atoms with Gasteiger partial charge in [0.1, 0.15) is 0 Å². The normalized spacial score (nSPS) is 10.4. The molecule has 1 aromatic carbocycles. The molecule has 0 bridgehead atoms. The fourth-order valence-electron chi connectivity index (χ4n) is 1.56. The highest BCUT2D eigenvalue weighted by atomic mass is 35.5. The molecule has 1 amide bonds. The van der Waals surface area contributed by atoms with Crippen LogP contribution in [-0.4, -0.2) is 17.4 Å². The molecule has 100 valence electrons. The van der Waals surface area contributed by atoms with Crippen molar-refractivity contribution in [1.82, 2.24) is 10.3 Å². The molecule has 2 N–H and O–H groups in total. The molecule has 0 spiro atoms. The van der Waals surface area contributed by atoms with Crippen LogP contribution in [0.2, 0.25) is 5.02 Å². The summed E-state index contributed by atoms with van der Waals surface area (Å²) in [5.41, 5.74) is 0.702. The highest BCUT2D eigenvalue weighted by Gasteiger charge is 2.03. The van der Waals surface area contributed by atoms with E-state index in [0.717, 1.165) is 9.88 Å². The Morgan fingerprint density at radius 1 is 1.47 bits per heavy atom. The first-order chi connectivity index (χ1) is 9.13. The molecule has 0 saturated heterocycles. The zero-order valence-corrected chi connectivity index (χ0v) is 12.0. The summed E-state index contributed by atoms with van der Waals surface area (Å²) in [5, 5.41) is 7.48. The summed E-state index contributed by atoms with van der Waals surface area (Å²) >= 11 is 7.47. The average molecular weight is 296 g/mol. The molecule has 0 radical (unpaired) electrons. The van der Waals surface area contributed by atoms with Gasteiger partial charge < -0.3 is 10.6 Å². The summed E-state index contributed by atoms with van der Waals surface area (Å²) in [7, 11) is 0. The highest BCUT2D eigenvalue weighted by molar-refractivity contribution is 7.11. The predicted octanol–water partition coefficient (Wildman–Crippen LogP) is 2.83. The quantitative estimate of drug-likeness (QED) is 0.892. The van der Waals surface area contributed by atoms with Gasteiger partial charge in [-0.25, -0.2) is 4.98 Å². The van der Waals surface area contributed by atoms with E-state index in [2.05, 4.69) is 15.6 Å². The van der Waals surface area contributed by atoms with Gasteiger partial charge in [-0.2, -0.15) is 0 Å². The Hall–Kier alpha value is -1.43. The molecule has 0 fully saturated rings.